The summed E-state index contributed by atoms with van der Waals surface area (Å²) in [6, 6.07) is 9.41. The molecule has 0 amide bonds. The predicted octanol–water partition coefficient (Wildman–Crippen LogP) is 4.86. The van der Waals surface area contributed by atoms with Gasteiger partial charge in [0, 0.05) is 17.3 Å². The lowest BCUT2D eigenvalue weighted by Crippen LogP contribution is -2.38. The number of benzene rings is 1. The molecule has 1 heterocycles. The molecule has 1 nitrogen and oxygen atoms in total. The Kier molecular flexibility index (Phi) is 3.87. The Balaban J connectivity index is 1.82. The average Bonchev–Trinajstić information content (AvgIpc) is 3.22. The van der Waals surface area contributed by atoms with Crippen molar-refractivity contribution in [2.24, 2.45) is 11.3 Å². The van der Waals surface area contributed by atoms with Crippen molar-refractivity contribution in [2.45, 2.75) is 46.1 Å². The van der Waals surface area contributed by atoms with E-state index in [9.17, 15) is 0 Å². The predicted molar refractivity (Wildman–Crippen MR) is 89.5 cm³/mol. The number of hydrogen-bond donors (Lipinski definition) is 1. The minimum absolute atomic E-state index is 0.411. The number of nitrogens with one attached hydrogen (secondary N) is 1. The van der Waals surface area contributed by atoms with Crippen molar-refractivity contribution in [3.63, 3.8) is 0 Å². The molecule has 108 valence electrons. The molecule has 0 radical (unpaired) electrons. The second kappa shape index (κ2) is 5.50. The maximum Gasteiger partial charge on any atom is 0.0345 e. The third-order valence-corrected chi connectivity index (χ3v) is 5.64. The monoisotopic (exact) mass is 287 g/mol. The molecular weight excluding hydrogens is 262 g/mol. The van der Waals surface area contributed by atoms with Crippen LogP contribution in [0.25, 0.3) is 10.1 Å². The lowest BCUT2D eigenvalue weighted by atomic mass is 9.78. The Morgan fingerprint density at radius 3 is 2.75 bits per heavy atom. The van der Waals surface area contributed by atoms with Crippen molar-refractivity contribution in [2.75, 3.05) is 6.54 Å². The van der Waals surface area contributed by atoms with Gasteiger partial charge in [-0.25, -0.2) is 0 Å². The second-order valence-corrected chi connectivity index (χ2v) is 7.81. The van der Waals surface area contributed by atoms with Crippen LogP contribution in [0, 0.1) is 11.3 Å². The molecule has 3 rings (SSSR count). The summed E-state index contributed by atoms with van der Waals surface area (Å²) in [5.74, 6) is 0.910. The van der Waals surface area contributed by atoms with E-state index in [1.807, 2.05) is 11.3 Å². The fraction of sp³-hybridized carbons (Fsp3) is 0.556. The van der Waals surface area contributed by atoms with Gasteiger partial charge in [-0.3, -0.25) is 0 Å². The highest BCUT2D eigenvalue weighted by molar-refractivity contribution is 7.17. The van der Waals surface area contributed by atoms with Gasteiger partial charge in [-0.1, -0.05) is 39.0 Å². The van der Waals surface area contributed by atoms with E-state index in [1.165, 1.54) is 29.3 Å². The van der Waals surface area contributed by atoms with Gasteiger partial charge in [0.15, 0.2) is 0 Å². The van der Waals surface area contributed by atoms with Gasteiger partial charge in [-0.05, 0) is 53.0 Å². The van der Waals surface area contributed by atoms with Crippen LogP contribution in [-0.4, -0.2) is 12.6 Å². The van der Waals surface area contributed by atoms with Crippen LogP contribution in [0.5, 0.6) is 0 Å². The summed E-state index contributed by atoms with van der Waals surface area (Å²) in [6.45, 7) is 8.10. The van der Waals surface area contributed by atoms with Gasteiger partial charge in [0.2, 0.25) is 0 Å². The first kappa shape index (κ1) is 14.1. The normalized spacial score (nSPS) is 18.6. The smallest absolute Gasteiger partial charge is 0.0345 e. The molecule has 1 atom stereocenters. The van der Waals surface area contributed by atoms with Gasteiger partial charge in [0.05, 0.1) is 0 Å². The van der Waals surface area contributed by atoms with Gasteiger partial charge in [0.25, 0.3) is 0 Å². The van der Waals surface area contributed by atoms with Crippen molar-refractivity contribution in [1.29, 1.82) is 0 Å². The van der Waals surface area contributed by atoms with Gasteiger partial charge in [0.1, 0.15) is 0 Å². The molecule has 0 aliphatic heterocycles. The van der Waals surface area contributed by atoms with Crippen LogP contribution >= 0.6 is 11.3 Å². The molecule has 1 saturated carbocycles. The van der Waals surface area contributed by atoms with Crippen molar-refractivity contribution in [1.82, 2.24) is 5.32 Å². The Labute approximate surface area is 126 Å². The molecule has 2 aromatic rings. The van der Waals surface area contributed by atoms with Crippen molar-refractivity contribution in [3.05, 3.63) is 35.2 Å². The zero-order valence-electron chi connectivity index (χ0n) is 12.8. The van der Waals surface area contributed by atoms with Crippen LogP contribution in [0.2, 0.25) is 0 Å². The molecule has 1 N–H and O–H groups in total. The number of thiophene rings is 1. The maximum atomic E-state index is 3.67. The first-order chi connectivity index (χ1) is 9.58. The van der Waals surface area contributed by atoms with Crippen LogP contribution in [0.3, 0.4) is 0 Å². The van der Waals surface area contributed by atoms with Crippen LogP contribution < -0.4 is 5.32 Å². The highest BCUT2D eigenvalue weighted by Crippen LogP contribution is 2.48. The van der Waals surface area contributed by atoms with Crippen molar-refractivity contribution >= 4 is 21.4 Å². The van der Waals surface area contributed by atoms with E-state index < -0.39 is 0 Å². The third-order valence-electron chi connectivity index (χ3n) is 4.63. The molecule has 20 heavy (non-hydrogen) atoms. The molecule has 0 saturated heterocycles. The standard InChI is InChI=1S/C18H25NS/c1-13(2)19-12-18(3,15-8-9-15)10-14-11-20-17-7-5-4-6-16(14)17/h4-7,11,13,15,19H,8-10,12H2,1-3H3. The molecule has 1 fully saturated rings. The Morgan fingerprint density at radius 1 is 1.30 bits per heavy atom. The lowest BCUT2D eigenvalue weighted by molar-refractivity contribution is 0.249. The van der Waals surface area contributed by atoms with E-state index in [-0.39, 0.29) is 0 Å². The first-order valence-electron chi connectivity index (χ1n) is 7.77. The van der Waals surface area contributed by atoms with Gasteiger partial charge in [-0.2, -0.15) is 0 Å². The molecule has 1 aliphatic carbocycles. The number of hydrogen-bond acceptors (Lipinski definition) is 2. The second-order valence-electron chi connectivity index (χ2n) is 6.90. The lowest BCUT2D eigenvalue weighted by Gasteiger charge is -2.31. The number of fused-ring (bicyclic) bond motifs is 1. The zero-order chi connectivity index (χ0) is 14.2. The van der Waals surface area contributed by atoms with Crippen LogP contribution in [-0.2, 0) is 6.42 Å². The quantitative estimate of drug-likeness (QED) is 0.800. The molecule has 2 heteroatoms. The largest absolute Gasteiger partial charge is 0.314 e. The summed E-state index contributed by atoms with van der Waals surface area (Å²) in [5, 5.41) is 7.51. The molecule has 1 unspecified atom stereocenters. The van der Waals surface area contributed by atoms with E-state index in [0.29, 0.717) is 11.5 Å². The van der Waals surface area contributed by atoms with Gasteiger partial charge in [-0.15, -0.1) is 11.3 Å². The molecular formula is C18H25NS. The highest BCUT2D eigenvalue weighted by Gasteiger charge is 2.41. The van der Waals surface area contributed by atoms with Crippen molar-refractivity contribution < 1.29 is 0 Å². The minimum atomic E-state index is 0.411. The maximum absolute atomic E-state index is 3.67. The zero-order valence-corrected chi connectivity index (χ0v) is 13.6. The summed E-state index contributed by atoms with van der Waals surface area (Å²) in [5.41, 5.74) is 1.96. The fourth-order valence-electron chi connectivity index (χ4n) is 3.17. The SMILES string of the molecule is CC(C)NCC(C)(Cc1csc2ccccc12)C1CC1. The number of rotatable bonds is 6. The average molecular weight is 287 g/mol. The van der Waals surface area contributed by atoms with Crippen LogP contribution in [0.15, 0.2) is 29.6 Å². The van der Waals surface area contributed by atoms with Gasteiger partial charge >= 0.3 is 0 Å². The molecule has 1 aromatic heterocycles. The van der Waals surface area contributed by atoms with Crippen LogP contribution in [0.4, 0.5) is 0 Å². The summed E-state index contributed by atoms with van der Waals surface area (Å²) < 4.78 is 1.43. The van der Waals surface area contributed by atoms with E-state index in [0.717, 1.165) is 12.5 Å². The van der Waals surface area contributed by atoms with E-state index in [1.54, 1.807) is 5.56 Å². The topological polar surface area (TPSA) is 12.0 Å². The summed E-state index contributed by atoms with van der Waals surface area (Å²) in [4.78, 5) is 0. The molecule has 1 aliphatic rings. The van der Waals surface area contributed by atoms with Gasteiger partial charge < -0.3 is 5.32 Å². The Bertz CT molecular complexity index is 582. The molecule has 0 spiro atoms. The third kappa shape index (κ3) is 2.91. The Morgan fingerprint density at radius 2 is 2.05 bits per heavy atom. The van der Waals surface area contributed by atoms with Crippen molar-refractivity contribution in [3.8, 4) is 0 Å². The Hall–Kier alpha value is -0.860. The summed E-state index contributed by atoms with van der Waals surface area (Å²) in [6.07, 6.45) is 4.04. The molecule has 0 bridgehead atoms. The summed E-state index contributed by atoms with van der Waals surface area (Å²) in [7, 11) is 0. The first-order valence-corrected chi connectivity index (χ1v) is 8.65. The fourth-order valence-corrected chi connectivity index (χ4v) is 4.14. The summed E-state index contributed by atoms with van der Waals surface area (Å²) >= 11 is 1.89. The van der Waals surface area contributed by atoms with E-state index >= 15 is 0 Å². The van der Waals surface area contributed by atoms with E-state index in [2.05, 4.69) is 55.7 Å². The highest BCUT2D eigenvalue weighted by atomic mass is 32.1. The van der Waals surface area contributed by atoms with E-state index in [4.69, 9.17) is 0 Å². The molecule has 1 aromatic carbocycles. The minimum Gasteiger partial charge on any atom is -0.314 e. The van der Waals surface area contributed by atoms with Crippen LogP contribution in [0.1, 0.15) is 39.2 Å².